The van der Waals surface area contributed by atoms with Crippen LogP contribution in [0.3, 0.4) is 0 Å². The fourth-order valence-corrected chi connectivity index (χ4v) is 4.26. The van der Waals surface area contributed by atoms with Crippen molar-refractivity contribution in [2.75, 3.05) is 26.2 Å². The Morgan fingerprint density at radius 1 is 1.00 bits per heavy atom. The van der Waals surface area contributed by atoms with Crippen LogP contribution >= 0.6 is 0 Å². The lowest BCUT2D eigenvalue weighted by Gasteiger charge is -2.33. The third kappa shape index (κ3) is 3.78. The first-order valence-electron chi connectivity index (χ1n) is 11.1. The van der Waals surface area contributed by atoms with Gasteiger partial charge in [0.05, 0.1) is 17.9 Å². The molecule has 2 aromatic carbocycles. The summed E-state index contributed by atoms with van der Waals surface area (Å²) in [5, 5.41) is 14.8. The molecule has 2 aromatic heterocycles. The van der Waals surface area contributed by atoms with Crippen molar-refractivity contribution in [2.24, 2.45) is 0 Å². The predicted molar refractivity (Wildman–Crippen MR) is 119 cm³/mol. The zero-order valence-corrected chi connectivity index (χ0v) is 17.7. The summed E-state index contributed by atoms with van der Waals surface area (Å²) in [5.74, 6) is 0.745. The molecule has 0 spiro atoms. The van der Waals surface area contributed by atoms with Crippen LogP contribution in [0.2, 0.25) is 0 Å². The van der Waals surface area contributed by atoms with E-state index in [1.54, 1.807) is 6.20 Å². The number of aromatic nitrogens is 4. The molecule has 0 bridgehead atoms. The Hall–Kier alpha value is -3.52. The van der Waals surface area contributed by atoms with E-state index in [1.807, 2.05) is 27.8 Å². The fraction of sp³-hybridized carbons (Fsp3) is 0.333. The number of hydrogen-bond acceptors (Lipinski definition) is 6. The smallest absolute Gasteiger partial charge is 0.276 e. The van der Waals surface area contributed by atoms with Crippen molar-refractivity contribution >= 4 is 16.7 Å². The number of carbonyl (C=O) groups excluding carboxylic acids is 1. The number of nitrogens with zero attached hydrogens (tertiary/aromatic N) is 6. The predicted octanol–water partition coefficient (Wildman–Crippen LogP) is 3.38. The molecular formula is C24H24N6O2. The quantitative estimate of drug-likeness (QED) is 0.485. The lowest BCUT2D eigenvalue weighted by molar-refractivity contribution is 0.0620. The summed E-state index contributed by atoms with van der Waals surface area (Å²) in [6.45, 7) is 3.63. The summed E-state index contributed by atoms with van der Waals surface area (Å²) < 4.78 is 7.45. The molecule has 4 aromatic rings. The van der Waals surface area contributed by atoms with Gasteiger partial charge in [-0.05, 0) is 29.7 Å². The first kappa shape index (κ1) is 19.2. The molecule has 1 saturated carbocycles. The van der Waals surface area contributed by atoms with Gasteiger partial charge in [-0.1, -0.05) is 46.8 Å². The van der Waals surface area contributed by atoms with E-state index >= 15 is 0 Å². The van der Waals surface area contributed by atoms with Crippen molar-refractivity contribution in [3.63, 3.8) is 0 Å². The number of fused-ring (bicyclic) bond motifs is 1. The Morgan fingerprint density at radius 3 is 2.62 bits per heavy atom. The highest BCUT2D eigenvalue weighted by Crippen LogP contribution is 2.33. The van der Waals surface area contributed by atoms with Crippen molar-refractivity contribution in [1.82, 2.24) is 30.0 Å². The van der Waals surface area contributed by atoms with Gasteiger partial charge < -0.3 is 9.42 Å². The largest absolute Gasteiger partial charge is 0.356 e. The van der Waals surface area contributed by atoms with Crippen LogP contribution in [0.15, 0.2) is 59.3 Å². The second-order valence-electron chi connectivity index (χ2n) is 8.63. The van der Waals surface area contributed by atoms with Crippen molar-refractivity contribution in [1.29, 1.82) is 0 Å². The Kier molecular flexibility index (Phi) is 4.72. The summed E-state index contributed by atoms with van der Waals surface area (Å²) in [6, 6.07) is 17.0. The van der Waals surface area contributed by atoms with Gasteiger partial charge in [0.2, 0.25) is 0 Å². The molecule has 0 radical (unpaired) electrons. The van der Waals surface area contributed by atoms with Gasteiger partial charge in [-0.3, -0.25) is 9.69 Å². The van der Waals surface area contributed by atoms with Crippen LogP contribution in [-0.2, 0) is 6.54 Å². The zero-order valence-electron chi connectivity index (χ0n) is 17.7. The molecule has 0 N–H and O–H groups in total. The maximum Gasteiger partial charge on any atom is 0.276 e. The molecule has 3 heterocycles. The van der Waals surface area contributed by atoms with E-state index in [0.717, 1.165) is 42.9 Å². The first-order chi connectivity index (χ1) is 15.7. The molecule has 32 heavy (non-hydrogen) atoms. The van der Waals surface area contributed by atoms with Crippen LogP contribution in [-0.4, -0.2) is 62.0 Å². The summed E-state index contributed by atoms with van der Waals surface area (Å²) >= 11 is 0. The highest BCUT2D eigenvalue weighted by atomic mass is 16.5. The van der Waals surface area contributed by atoms with Crippen LogP contribution in [0, 0.1) is 0 Å². The van der Waals surface area contributed by atoms with E-state index in [4.69, 9.17) is 4.52 Å². The number of rotatable bonds is 5. The van der Waals surface area contributed by atoms with Gasteiger partial charge in [0, 0.05) is 44.4 Å². The first-order valence-corrected chi connectivity index (χ1v) is 11.1. The molecule has 1 amide bonds. The van der Waals surface area contributed by atoms with Crippen molar-refractivity contribution in [3.8, 4) is 11.3 Å². The molecule has 0 atom stereocenters. The summed E-state index contributed by atoms with van der Waals surface area (Å²) in [4.78, 5) is 16.9. The molecule has 6 rings (SSSR count). The molecule has 8 heteroatoms. The van der Waals surface area contributed by atoms with Crippen LogP contribution in [0.1, 0.15) is 35.1 Å². The Morgan fingerprint density at radius 2 is 1.81 bits per heavy atom. The van der Waals surface area contributed by atoms with Crippen LogP contribution < -0.4 is 0 Å². The van der Waals surface area contributed by atoms with Gasteiger partial charge in [0.15, 0.2) is 11.5 Å². The Bertz CT molecular complexity index is 1270. The molecule has 0 unspecified atom stereocenters. The molecule has 162 valence electrons. The van der Waals surface area contributed by atoms with Gasteiger partial charge in [-0.15, -0.1) is 5.10 Å². The molecular weight excluding hydrogens is 404 g/mol. The minimum atomic E-state index is -0.0309. The molecule has 2 fully saturated rings. The van der Waals surface area contributed by atoms with Crippen LogP contribution in [0.25, 0.3) is 22.1 Å². The van der Waals surface area contributed by atoms with E-state index in [2.05, 4.69) is 50.7 Å². The summed E-state index contributed by atoms with van der Waals surface area (Å²) in [5.41, 5.74) is 2.37. The minimum Gasteiger partial charge on any atom is -0.356 e. The maximum absolute atomic E-state index is 12.7. The number of hydrogen-bond donors (Lipinski definition) is 0. The molecule has 2 aliphatic rings. The molecule has 1 aliphatic carbocycles. The summed E-state index contributed by atoms with van der Waals surface area (Å²) in [7, 11) is 0. The van der Waals surface area contributed by atoms with Crippen LogP contribution in [0.5, 0.6) is 0 Å². The molecule has 1 saturated heterocycles. The van der Waals surface area contributed by atoms with E-state index in [9.17, 15) is 4.79 Å². The van der Waals surface area contributed by atoms with Gasteiger partial charge in [-0.25, -0.2) is 4.68 Å². The van der Waals surface area contributed by atoms with Crippen molar-refractivity contribution in [3.05, 3.63) is 66.1 Å². The maximum atomic E-state index is 12.7. The summed E-state index contributed by atoms with van der Waals surface area (Å²) in [6.07, 6.45) is 4.04. The molecule has 8 nitrogen and oxygen atoms in total. The average molecular weight is 428 g/mol. The third-order valence-electron chi connectivity index (χ3n) is 6.29. The minimum absolute atomic E-state index is 0.0309. The highest BCUT2D eigenvalue weighted by molar-refractivity contribution is 5.92. The highest BCUT2D eigenvalue weighted by Gasteiger charge is 2.28. The standard InChI is InChI=1S/C24H24N6O2/c31-24(22-16-30(27-25-22)21-7-8-21)29-11-9-28(10-12-29)15-20-14-23(32-26-20)19-6-5-17-3-1-2-4-18(17)13-19/h1-6,13-14,16,21H,7-12,15H2. The zero-order chi connectivity index (χ0) is 21.5. The lowest BCUT2D eigenvalue weighted by Crippen LogP contribution is -2.48. The van der Waals surface area contributed by atoms with Gasteiger partial charge in [-0.2, -0.15) is 0 Å². The van der Waals surface area contributed by atoms with Crippen LogP contribution in [0.4, 0.5) is 0 Å². The van der Waals surface area contributed by atoms with E-state index in [-0.39, 0.29) is 5.91 Å². The van der Waals surface area contributed by atoms with Gasteiger partial charge >= 0.3 is 0 Å². The average Bonchev–Trinajstić information content (AvgIpc) is 3.38. The van der Waals surface area contributed by atoms with Crippen molar-refractivity contribution in [2.45, 2.75) is 25.4 Å². The SMILES string of the molecule is O=C(c1cn(C2CC2)nn1)N1CCN(Cc2cc(-c3ccc4ccccc4c3)on2)CC1. The second-order valence-corrected chi connectivity index (χ2v) is 8.63. The van der Waals surface area contributed by atoms with Gasteiger partial charge in [0.25, 0.3) is 5.91 Å². The fourth-order valence-electron chi connectivity index (χ4n) is 4.26. The van der Waals surface area contributed by atoms with E-state index < -0.39 is 0 Å². The lowest BCUT2D eigenvalue weighted by atomic mass is 10.1. The van der Waals surface area contributed by atoms with Gasteiger partial charge in [0.1, 0.15) is 0 Å². The monoisotopic (exact) mass is 428 g/mol. The number of carbonyl (C=O) groups is 1. The Balaban J connectivity index is 1.07. The number of amides is 1. The van der Waals surface area contributed by atoms with E-state index in [1.165, 1.54) is 10.8 Å². The van der Waals surface area contributed by atoms with Crippen molar-refractivity contribution < 1.29 is 9.32 Å². The molecule has 1 aliphatic heterocycles. The number of piperazine rings is 1. The number of benzene rings is 2. The topological polar surface area (TPSA) is 80.3 Å². The normalized spacial score (nSPS) is 17.2. The van der Waals surface area contributed by atoms with E-state index in [0.29, 0.717) is 31.4 Å². The third-order valence-corrected chi connectivity index (χ3v) is 6.29. The Labute approximate surface area is 185 Å². The second kappa shape index (κ2) is 7.87.